The molecule has 0 bridgehead atoms. The highest BCUT2D eigenvalue weighted by Gasteiger charge is 2.11. The van der Waals surface area contributed by atoms with Gasteiger partial charge in [-0.15, -0.1) is 0 Å². The summed E-state index contributed by atoms with van der Waals surface area (Å²) in [6.45, 7) is 2.63. The van der Waals surface area contributed by atoms with Crippen LogP contribution in [0, 0.1) is 0 Å². The van der Waals surface area contributed by atoms with Crippen LogP contribution in [0.25, 0.3) is 10.9 Å². The number of hydrogen-bond acceptors (Lipinski definition) is 4. The van der Waals surface area contributed by atoms with E-state index < -0.39 is 0 Å². The molecule has 3 rings (SSSR count). The molecule has 0 amide bonds. The smallest absolute Gasteiger partial charge is 0.262 e. The summed E-state index contributed by atoms with van der Waals surface area (Å²) in [5.41, 5.74) is 1.82. The number of para-hydroxylation sites is 1. The molecule has 5 heteroatoms. The highest BCUT2D eigenvalue weighted by Crippen LogP contribution is 2.20. The van der Waals surface area contributed by atoms with E-state index in [0.29, 0.717) is 11.9 Å². The Labute approximate surface area is 145 Å². The summed E-state index contributed by atoms with van der Waals surface area (Å²) in [7, 11) is 1.65. The molecule has 0 atom stereocenters. The van der Waals surface area contributed by atoms with Crippen molar-refractivity contribution >= 4 is 22.7 Å². The van der Waals surface area contributed by atoms with Gasteiger partial charge in [-0.25, -0.2) is 4.98 Å². The van der Waals surface area contributed by atoms with Crippen LogP contribution in [0.1, 0.15) is 18.9 Å². The first kappa shape index (κ1) is 16.6. The fourth-order valence-electron chi connectivity index (χ4n) is 2.50. The van der Waals surface area contributed by atoms with Crippen molar-refractivity contribution < 1.29 is 4.74 Å². The number of ether oxygens (including phenoxy) is 1. The molecule has 0 N–H and O–H groups in total. The second-order valence-corrected chi connectivity index (χ2v) is 6.56. The molecule has 0 spiro atoms. The third-order valence-corrected chi connectivity index (χ3v) is 4.94. The molecule has 4 nitrogen and oxygen atoms in total. The second-order valence-electron chi connectivity index (χ2n) is 5.50. The van der Waals surface area contributed by atoms with Gasteiger partial charge in [0.15, 0.2) is 5.16 Å². The molecule has 0 aliphatic carbocycles. The van der Waals surface area contributed by atoms with Gasteiger partial charge in [0.25, 0.3) is 5.56 Å². The minimum absolute atomic E-state index is 0.00928. The highest BCUT2D eigenvalue weighted by atomic mass is 32.2. The van der Waals surface area contributed by atoms with Crippen LogP contribution in [0.4, 0.5) is 0 Å². The van der Waals surface area contributed by atoms with Gasteiger partial charge in [-0.05, 0) is 36.2 Å². The maximum atomic E-state index is 12.9. The summed E-state index contributed by atoms with van der Waals surface area (Å²) < 4.78 is 6.96. The van der Waals surface area contributed by atoms with Gasteiger partial charge < -0.3 is 4.74 Å². The van der Waals surface area contributed by atoms with Gasteiger partial charge >= 0.3 is 0 Å². The van der Waals surface area contributed by atoms with Crippen LogP contribution in [-0.2, 0) is 6.54 Å². The molecule has 24 heavy (non-hydrogen) atoms. The van der Waals surface area contributed by atoms with Crippen LogP contribution in [0.2, 0.25) is 0 Å². The Morgan fingerprint density at radius 1 is 1.12 bits per heavy atom. The fourth-order valence-corrected chi connectivity index (χ4v) is 3.36. The summed E-state index contributed by atoms with van der Waals surface area (Å²) in [6.07, 6.45) is 1.04. The molecular weight excluding hydrogens is 320 g/mol. The largest absolute Gasteiger partial charge is 0.497 e. The Morgan fingerprint density at radius 3 is 2.58 bits per heavy atom. The Kier molecular flexibility index (Phi) is 5.20. The molecule has 0 saturated carbocycles. The number of nitrogens with zero attached hydrogens (tertiary/aromatic N) is 2. The third-order valence-electron chi connectivity index (χ3n) is 3.76. The molecule has 1 heterocycles. The van der Waals surface area contributed by atoms with Crippen molar-refractivity contribution in [1.82, 2.24) is 9.55 Å². The monoisotopic (exact) mass is 340 g/mol. The van der Waals surface area contributed by atoms with E-state index in [1.807, 2.05) is 48.5 Å². The van der Waals surface area contributed by atoms with Crippen molar-refractivity contribution in [3.05, 3.63) is 64.4 Å². The van der Waals surface area contributed by atoms with Gasteiger partial charge in [0.1, 0.15) is 5.75 Å². The molecule has 2 aromatic carbocycles. The van der Waals surface area contributed by atoms with Crippen molar-refractivity contribution in [3.8, 4) is 5.75 Å². The summed E-state index contributed by atoms with van der Waals surface area (Å²) in [4.78, 5) is 17.6. The summed E-state index contributed by atoms with van der Waals surface area (Å²) in [5.74, 6) is 1.75. The summed E-state index contributed by atoms with van der Waals surface area (Å²) in [5, 5.41) is 1.43. The topological polar surface area (TPSA) is 44.1 Å². The van der Waals surface area contributed by atoms with Gasteiger partial charge in [-0.1, -0.05) is 43.0 Å². The molecule has 3 aromatic rings. The molecule has 0 aliphatic heterocycles. The minimum atomic E-state index is 0.00928. The first-order valence-corrected chi connectivity index (χ1v) is 8.96. The van der Waals surface area contributed by atoms with Gasteiger partial charge in [0, 0.05) is 5.75 Å². The standard InChI is InChI=1S/C19H20N2O2S/c1-3-12-24-19-20-17-7-5-4-6-16(17)18(22)21(19)13-14-8-10-15(23-2)11-9-14/h4-11H,3,12-13H2,1-2H3. The number of thioether (sulfide) groups is 1. The molecule has 124 valence electrons. The maximum absolute atomic E-state index is 12.9. The van der Waals surface area contributed by atoms with Crippen LogP contribution in [-0.4, -0.2) is 22.4 Å². The van der Waals surface area contributed by atoms with E-state index in [-0.39, 0.29) is 5.56 Å². The van der Waals surface area contributed by atoms with E-state index in [2.05, 4.69) is 6.92 Å². The minimum Gasteiger partial charge on any atom is -0.497 e. The van der Waals surface area contributed by atoms with Crippen molar-refractivity contribution in [2.75, 3.05) is 12.9 Å². The SMILES string of the molecule is CCCSc1nc2ccccc2c(=O)n1Cc1ccc(OC)cc1. The van der Waals surface area contributed by atoms with Crippen molar-refractivity contribution in [3.63, 3.8) is 0 Å². The lowest BCUT2D eigenvalue weighted by Crippen LogP contribution is -2.24. The third kappa shape index (κ3) is 3.46. The van der Waals surface area contributed by atoms with Crippen molar-refractivity contribution in [2.24, 2.45) is 0 Å². The highest BCUT2D eigenvalue weighted by molar-refractivity contribution is 7.99. The van der Waals surface area contributed by atoms with Gasteiger partial charge in [-0.3, -0.25) is 9.36 Å². The number of fused-ring (bicyclic) bond motifs is 1. The summed E-state index contributed by atoms with van der Waals surface area (Å²) >= 11 is 1.63. The Balaban J connectivity index is 2.05. The number of aromatic nitrogens is 2. The first-order valence-electron chi connectivity index (χ1n) is 7.98. The second kappa shape index (κ2) is 7.53. The normalized spacial score (nSPS) is 10.9. The van der Waals surface area contributed by atoms with Gasteiger partial charge in [0.05, 0.1) is 24.6 Å². The number of hydrogen-bond donors (Lipinski definition) is 0. The van der Waals surface area contributed by atoms with Crippen molar-refractivity contribution in [1.29, 1.82) is 0 Å². The average Bonchev–Trinajstić information content (AvgIpc) is 2.63. The molecule has 0 unspecified atom stereocenters. The van der Waals surface area contributed by atoms with Crippen molar-refractivity contribution in [2.45, 2.75) is 25.0 Å². The van der Waals surface area contributed by atoms with E-state index in [1.54, 1.807) is 23.4 Å². The number of methoxy groups -OCH3 is 1. The Bertz CT molecular complexity index is 888. The van der Waals surface area contributed by atoms with Crippen LogP contribution in [0.15, 0.2) is 58.5 Å². The van der Waals surface area contributed by atoms with Gasteiger partial charge in [0.2, 0.25) is 0 Å². The lowest BCUT2D eigenvalue weighted by Gasteiger charge is -2.13. The predicted molar refractivity (Wildman–Crippen MR) is 99.1 cm³/mol. The molecule has 0 radical (unpaired) electrons. The quantitative estimate of drug-likeness (QED) is 0.503. The van der Waals surface area contributed by atoms with E-state index in [4.69, 9.17) is 9.72 Å². The Hall–Kier alpha value is -2.27. The molecule has 0 aliphatic rings. The van der Waals surface area contributed by atoms with Crippen LogP contribution in [0.3, 0.4) is 0 Å². The fraction of sp³-hybridized carbons (Fsp3) is 0.263. The predicted octanol–water partition coefficient (Wildman–Crippen LogP) is 3.96. The van der Waals surface area contributed by atoms with E-state index in [9.17, 15) is 4.79 Å². The lowest BCUT2D eigenvalue weighted by atomic mass is 10.2. The zero-order valence-electron chi connectivity index (χ0n) is 13.9. The van der Waals surface area contributed by atoms with E-state index in [0.717, 1.165) is 34.2 Å². The molecule has 0 fully saturated rings. The zero-order valence-corrected chi connectivity index (χ0v) is 14.7. The summed E-state index contributed by atoms with van der Waals surface area (Å²) in [6, 6.07) is 15.3. The number of rotatable bonds is 6. The van der Waals surface area contributed by atoms with Crippen LogP contribution >= 0.6 is 11.8 Å². The average molecular weight is 340 g/mol. The maximum Gasteiger partial charge on any atom is 0.262 e. The van der Waals surface area contributed by atoms with Crippen LogP contribution in [0.5, 0.6) is 5.75 Å². The van der Waals surface area contributed by atoms with Crippen LogP contribution < -0.4 is 10.3 Å². The molecule has 0 saturated heterocycles. The van der Waals surface area contributed by atoms with E-state index in [1.165, 1.54) is 0 Å². The Morgan fingerprint density at radius 2 is 1.88 bits per heavy atom. The van der Waals surface area contributed by atoms with Gasteiger partial charge in [-0.2, -0.15) is 0 Å². The van der Waals surface area contributed by atoms with E-state index >= 15 is 0 Å². The zero-order chi connectivity index (χ0) is 16.9. The number of benzene rings is 2. The first-order chi connectivity index (χ1) is 11.7. The molecule has 1 aromatic heterocycles. The molecular formula is C19H20N2O2S. The lowest BCUT2D eigenvalue weighted by molar-refractivity contribution is 0.414.